The number of ether oxygens (including phenoxy) is 2. The van der Waals surface area contributed by atoms with Crippen LogP contribution in [0.3, 0.4) is 0 Å². The Bertz CT molecular complexity index is 2760. The van der Waals surface area contributed by atoms with Crippen molar-refractivity contribution in [3.63, 3.8) is 0 Å². The zero-order chi connectivity index (χ0) is 40.2. The Labute approximate surface area is 343 Å². The van der Waals surface area contributed by atoms with E-state index in [9.17, 15) is 0 Å². The summed E-state index contributed by atoms with van der Waals surface area (Å²) in [5.41, 5.74) is 19.6. The van der Waals surface area contributed by atoms with E-state index in [1.807, 2.05) is 0 Å². The van der Waals surface area contributed by atoms with Crippen LogP contribution in [-0.2, 0) is 10.8 Å². The third-order valence-corrected chi connectivity index (χ3v) is 12.4. The minimum absolute atomic E-state index is 0.0179. The quantitative estimate of drug-likeness (QED) is 0.168. The van der Waals surface area contributed by atoms with Gasteiger partial charge in [0.25, 0.3) is 6.71 Å². The topological polar surface area (TPSA) is 38.1 Å². The standard InChI is InChI=1S/C52H51BN2O3/c1-31-24-42-47-43(25-31)55(48-32(2)26-36(27-33(48)3)52(7,8)9)49-37-18-13-14-19-44(37)58-50(49)53(47)39-29-45-46(57-23-15-22-56-45)30-41(39)54(42)40-21-20-35(51(4,5)6)28-38(40)34-16-11-10-12-17-34/h10-14,16-21,24-30H,15,22-23H2,1-9H3. The predicted octanol–water partition coefficient (Wildman–Crippen LogP) is 11.9. The Balaban J connectivity index is 1.33. The molecule has 4 heterocycles. The van der Waals surface area contributed by atoms with E-state index >= 15 is 0 Å². The van der Waals surface area contributed by atoms with Crippen LogP contribution in [-0.4, -0.2) is 19.9 Å². The van der Waals surface area contributed by atoms with Gasteiger partial charge in [-0.3, -0.25) is 0 Å². The number of hydrogen-bond acceptors (Lipinski definition) is 5. The lowest BCUT2D eigenvalue weighted by atomic mass is 9.35. The maximum Gasteiger partial charge on any atom is 0.297 e. The van der Waals surface area contributed by atoms with Gasteiger partial charge in [0, 0.05) is 40.5 Å². The Kier molecular flexibility index (Phi) is 8.22. The number of anilines is 6. The van der Waals surface area contributed by atoms with E-state index in [-0.39, 0.29) is 17.5 Å². The highest BCUT2D eigenvalue weighted by atomic mass is 16.5. The smallest absolute Gasteiger partial charge is 0.297 e. The van der Waals surface area contributed by atoms with Gasteiger partial charge in [0.1, 0.15) is 5.58 Å². The Morgan fingerprint density at radius 2 is 1.21 bits per heavy atom. The number of para-hydroxylation sites is 1. The molecule has 1 aromatic heterocycles. The summed E-state index contributed by atoms with van der Waals surface area (Å²) >= 11 is 0. The number of nitrogens with zero attached hydrogens (tertiary/aromatic N) is 2. The first-order valence-corrected chi connectivity index (χ1v) is 20.8. The summed E-state index contributed by atoms with van der Waals surface area (Å²) in [6.07, 6.45) is 0.831. The normalized spacial score (nSPS) is 14.6. The molecule has 0 amide bonds. The van der Waals surface area contributed by atoms with Gasteiger partial charge in [-0.05, 0) is 118 Å². The number of hydrogen-bond donors (Lipinski definition) is 0. The van der Waals surface area contributed by atoms with Crippen LogP contribution in [0.15, 0.2) is 114 Å². The fourth-order valence-electron chi connectivity index (χ4n) is 9.50. The lowest BCUT2D eigenvalue weighted by Gasteiger charge is -2.44. The van der Waals surface area contributed by atoms with Gasteiger partial charge in [-0.1, -0.05) is 102 Å². The highest BCUT2D eigenvalue weighted by Crippen LogP contribution is 2.51. The summed E-state index contributed by atoms with van der Waals surface area (Å²) in [6.45, 7) is 21.6. The molecule has 0 atom stereocenters. The summed E-state index contributed by atoms with van der Waals surface area (Å²) in [7, 11) is 0. The van der Waals surface area contributed by atoms with Gasteiger partial charge >= 0.3 is 0 Å². The SMILES string of the molecule is Cc1cc2c3c(c1)N(c1c(C)cc(C(C)(C)C)cc1C)c1c(oc4ccccc14)B3c1cc3c(cc1N2c1ccc(C(C)(C)C)cc1-c1ccccc1)OCCCO3. The third-order valence-electron chi connectivity index (χ3n) is 12.4. The summed E-state index contributed by atoms with van der Waals surface area (Å²) in [5.74, 6) is 1.56. The molecule has 5 nitrogen and oxygen atoms in total. The Hall–Kier alpha value is -5.88. The van der Waals surface area contributed by atoms with E-state index in [2.05, 4.69) is 181 Å². The molecule has 3 aliphatic heterocycles. The average molecular weight is 763 g/mol. The molecule has 0 saturated carbocycles. The van der Waals surface area contributed by atoms with Crippen LogP contribution >= 0.6 is 0 Å². The zero-order valence-electron chi connectivity index (χ0n) is 35.2. The van der Waals surface area contributed by atoms with Crippen LogP contribution in [0.4, 0.5) is 34.1 Å². The summed E-state index contributed by atoms with van der Waals surface area (Å²) in [4.78, 5) is 5.02. The first kappa shape index (κ1) is 36.5. The molecule has 0 spiro atoms. The molecule has 6 aromatic carbocycles. The van der Waals surface area contributed by atoms with Crippen LogP contribution in [0.1, 0.15) is 75.8 Å². The van der Waals surface area contributed by atoms with Gasteiger partial charge in [-0.2, -0.15) is 0 Å². The van der Waals surface area contributed by atoms with Gasteiger partial charge in [0.2, 0.25) is 0 Å². The molecule has 10 rings (SSSR count). The summed E-state index contributed by atoms with van der Waals surface area (Å²) in [6, 6.07) is 40.4. The second-order valence-electron chi connectivity index (χ2n) is 18.6. The van der Waals surface area contributed by atoms with Crippen molar-refractivity contribution in [1.29, 1.82) is 0 Å². The minimum Gasteiger partial charge on any atom is -0.490 e. The summed E-state index contributed by atoms with van der Waals surface area (Å²) in [5, 5.41) is 1.10. The number of furan rings is 1. The molecule has 3 aliphatic rings. The maximum atomic E-state index is 7.16. The molecule has 6 heteroatoms. The van der Waals surface area contributed by atoms with Gasteiger partial charge < -0.3 is 23.7 Å². The van der Waals surface area contributed by atoms with E-state index in [0.29, 0.717) is 13.2 Å². The Morgan fingerprint density at radius 1 is 0.569 bits per heavy atom. The molecule has 0 unspecified atom stereocenters. The zero-order valence-corrected chi connectivity index (χ0v) is 35.2. The molecule has 0 aliphatic carbocycles. The molecule has 0 bridgehead atoms. The molecule has 290 valence electrons. The third kappa shape index (κ3) is 5.67. The van der Waals surface area contributed by atoms with E-state index in [0.717, 1.165) is 62.8 Å². The number of rotatable bonds is 3. The second kappa shape index (κ2) is 13.1. The van der Waals surface area contributed by atoms with E-state index in [1.54, 1.807) is 0 Å². The summed E-state index contributed by atoms with van der Waals surface area (Å²) < 4.78 is 20.1. The van der Waals surface area contributed by atoms with Crippen LogP contribution in [0.5, 0.6) is 11.5 Å². The van der Waals surface area contributed by atoms with E-state index in [4.69, 9.17) is 13.9 Å². The highest BCUT2D eigenvalue weighted by Gasteiger charge is 2.48. The fourth-order valence-corrected chi connectivity index (χ4v) is 9.50. The molecular weight excluding hydrogens is 711 g/mol. The second-order valence-corrected chi connectivity index (χ2v) is 18.6. The van der Waals surface area contributed by atoms with Gasteiger partial charge in [-0.15, -0.1) is 0 Å². The predicted molar refractivity (Wildman–Crippen MR) is 243 cm³/mol. The largest absolute Gasteiger partial charge is 0.490 e. The van der Waals surface area contributed by atoms with Crippen LogP contribution in [0, 0.1) is 20.8 Å². The first-order valence-electron chi connectivity index (χ1n) is 20.8. The van der Waals surface area contributed by atoms with Crippen LogP contribution < -0.4 is 35.9 Å². The van der Waals surface area contributed by atoms with Crippen molar-refractivity contribution < 1.29 is 13.9 Å². The minimum atomic E-state index is -0.198. The van der Waals surface area contributed by atoms with E-state index in [1.165, 1.54) is 55.8 Å². The van der Waals surface area contributed by atoms with Crippen molar-refractivity contribution in [2.75, 3.05) is 23.0 Å². The van der Waals surface area contributed by atoms with Gasteiger partial charge in [0.15, 0.2) is 11.5 Å². The molecule has 7 aromatic rings. The van der Waals surface area contributed by atoms with Crippen molar-refractivity contribution in [3.8, 4) is 22.6 Å². The molecule has 0 fully saturated rings. The number of fused-ring (bicyclic) bond motifs is 7. The molecule has 0 N–H and O–H groups in total. The van der Waals surface area contributed by atoms with Crippen molar-refractivity contribution in [1.82, 2.24) is 0 Å². The van der Waals surface area contributed by atoms with Gasteiger partial charge in [-0.25, -0.2) is 0 Å². The van der Waals surface area contributed by atoms with Gasteiger partial charge in [0.05, 0.1) is 35.9 Å². The van der Waals surface area contributed by atoms with Crippen molar-refractivity contribution >= 4 is 68.4 Å². The lowest BCUT2D eigenvalue weighted by Crippen LogP contribution is -2.61. The monoisotopic (exact) mass is 762 g/mol. The molecule has 0 saturated heterocycles. The maximum absolute atomic E-state index is 7.16. The lowest BCUT2D eigenvalue weighted by molar-refractivity contribution is 0.297. The number of benzene rings is 6. The van der Waals surface area contributed by atoms with Crippen LogP contribution in [0.2, 0.25) is 0 Å². The highest BCUT2D eigenvalue weighted by molar-refractivity contribution is 7.00. The van der Waals surface area contributed by atoms with Crippen molar-refractivity contribution in [3.05, 3.63) is 137 Å². The van der Waals surface area contributed by atoms with E-state index < -0.39 is 0 Å². The van der Waals surface area contributed by atoms with Crippen molar-refractivity contribution in [2.24, 2.45) is 0 Å². The molecule has 58 heavy (non-hydrogen) atoms. The first-order chi connectivity index (χ1) is 27.8. The van der Waals surface area contributed by atoms with Crippen LogP contribution in [0.25, 0.3) is 22.1 Å². The number of aryl methyl sites for hydroxylation is 3. The fraction of sp³-hybridized carbons (Fsp3) is 0.269. The van der Waals surface area contributed by atoms with Crippen molar-refractivity contribution in [2.45, 2.75) is 79.6 Å². The molecular formula is C52H51BN2O3. The average Bonchev–Trinajstić information content (AvgIpc) is 3.41. The Morgan fingerprint density at radius 3 is 1.90 bits per heavy atom. The molecule has 0 radical (unpaired) electrons.